The number of fused-ring (bicyclic) bond motifs is 1. The summed E-state index contributed by atoms with van der Waals surface area (Å²) in [5.74, 6) is -1.13. The second-order valence-electron chi connectivity index (χ2n) is 8.36. The van der Waals surface area contributed by atoms with Gasteiger partial charge >= 0.3 is 0 Å². The Morgan fingerprint density at radius 3 is 2.17 bits per heavy atom. The van der Waals surface area contributed by atoms with Crippen molar-refractivity contribution in [2.24, 2.45) is 0 Å². The fraction of sp³-hybridized carbons (Fsp3) is 0.103. The van der Waals surface area contributed by atoms with Crippen LogP contribution in [-0.4, -0.2) is 15.3 Å². The summed E-state index contributed by atoms with van der Waals surface area (Å²) >= 11 is 6.24. The van der Waals surface area contributed by atoms with Crippen molar-refractivity contribution in [3.8, 4) is 0 Å². The van der Waals surface area contributed by atoms with Gasteiger partial charge in [-0.2, -0.15) is 0 Å². The lowest BCUT2D eigenvalue weighted by molar-refractivity contribution is -0.121. The predicted octanol–water partition coefficient (Wildman–Crippen LogP) is 6.55. The van der Waals surface area contributed by atoms with Crippen LogP contribution in [0, 0.1) is 5.82 Å². The number of carbonyl (C=O) groups excluding carboxylic acids is 1. The molecule has 6 heteroatoms. The number of benzene rings is 3. The predicted molar refractivity (Wildman–Crippen MR) is 136 cm³/mol. The van der Waals surface area contributed by atoms with Crippen LogP contribution in [0.2, 0.25) is 5.02 Å². The molecule has 5 rings (SSSR count). The molecule has 5 aromatic rings. The Morgan fingerprint density at radius 1 is 0.886 bits per heavy atom. The molecule has 0 aliphatic carbocycles. The van der Waals surface area contributed by atoms with Crippen LogP contribution in [0.1, 0.15) is 40.8 Å². The highest BCUT2D eigenvalue weighted by molar-refractivity contribution is 6.30. The maximum Gasteiger partial charge on any atom is 0.221 e. The highest BCUT2D eigenvalue weighted by Crippen LogP contribution is 2.32. The minimum atomic E-state index is -0.558. The van der Waals surface area contributed by atoms with Crippen molar-refractivity contribution in [3.05, 3.63) is 143 Å². The third-order valence-corrected chi connectivity index (χ3v) is 6.32. The van der Waals surface area contributed by atoms with E-state index in [0.717, 1.165) is 11.1 Å². The van der Waals surface area contributed by atoms with Crippen LogP contribution in [0.4, 0.5) is 4.39 Å². The number of halogens is 2. The van der Waals surface area contributed by atoms with Gasteiger partial charge in [0.25, 0.3) is 0 Å². The number of aromatic nitrogens is 2. The standard InChI is InChI=1S/C29H23ClFN3O/c30-22-15-16-27-32-18-26(34(27)19-22)24(23-13-7-8-14-25(23)31)17-28(35)33-29(20-9-3-1-4-10-20)21-11-5-2-6-12-21/h1-16,18-19,24,29H,17H2,(H,33,35). The van der Waals surface area contributed by atoms with Crippen LogP contribution >= 0.6 is 11.6 Å². The Hall–Kier alpha value is -3.96. The molecule has 3 aromatic carbocycles. The van der Waals surface area contributed by atoms with Gasteiger partial charge in [-0.05, 0) is 34.9 Å². The molecule has 2 heterocycles. The van der Waals surface area contributed by atoms with Gasteiger partial charge in [-0.25, -0.2) is 9.37 Å². The lowest BCUT2D eigenvalue weighted by Gasteiger charge is -2.23. The Bertz CT molecular complexity index is 1410. The number of nitrogens with one attached hydrogen (secondary N) is 1. The van der Waals surface area contributed by atoms with Gasteiger partial charge in [-0.1, -0.05) is 90.5 Å². The normalized spacial score (nSPS) is 12.1. The number of carbonyl (C=O) groups is 1. The Balaban J connectivity index is 1.51. The number of imidazole rings is 1. The van der Waals surface area contributed by atoms with Gasteiger partial charge in [0.05, 0.1) is 16.8 Å². The van der Waals surface area contributed by atoms with E-state index in [0.29, 0.717) is 21.9 Å². The molecule has 1 amide bonds. The van der Waals surface area contributed by atoms with Crippen molar-refractivity contribution < 1.29 is 9.18 Å². The van der Waals surface area contributed by atoms with E-state index in [2.05, 4.69) is 10.3 Å². The molecular weight excluding hydrogens is 461 g/mol. The van der Waals surface area contributed by atoms with Gasteiger partial charge < -0.3 is 9.72 Å². The summed E-state index contributed by atoms with van der Waals surface area (Å²) in [6.07, 6.45) is 3.46. The van der Waals surface area contributed by atoms with Gasteiger partial charge in [0.2, 0.25) is 5.91 Å². The molecule has 35 heavy (non-hydrogen) atoms. The number of hydrogen-bond donors (Lipinski definition) is 1. The molecule has 0 bridgehead atoms. The van der Waals surface area contributed by atoms with Crippen LogP contribution in [0.15, 0.2) is 109 Å². The zero-order valence-corrected chi connectivity index (χ0v) is 19.6. The fourth-order valence-electron chi connectivity index (χ4n) is 4.42. The third-order valence-electron chi connectivity index (χ3n) is 6.10. The lowest BCUT2D eigenvalue weighted by atomic mass is 9.91. The second-order valence-corrected chi connectivity index (χ2v) is 8.80. The number of rotatable bonds is 7. The second kappa shape index (κ2) is 10.1. The molecule has 1 unspecified atom stereocenters. The van der Waals surface area contributed by atoms with Crippen LogP contribution in [-0.2, 0) is 4.79 Å². The van der Waals surface area contributed by atoms with Crippen molar-refractivity contribution in [1.29, 1.82) is 0 Å². The zero-order valence-electron chi connectivity index (χ0n) is 18.8. The third kappa shape index (κ3) is 4.96. The van der Waals surface area contributed by atoms with E-state index in [1.165, 1.54) is 6.07 Å². The smallest absolute Gasteiger partial charge is 0.221 e. The van der Waals surface area contributed by atoms with Crippen molar-refractivity contribution >= 4 is 23.2 Å². The molecule has 174 valence electrons. The first-order valence-corrected chi connectivity index (χ1v) is 11.7. The maximum atomic E-state index is 15.0. The molecule has 0 saturated carbocycles. The molecule has 0 fully saturated rings. The van der Waals surface area contributed by atoms with E-state index in [1.54, 1.807) is 42.7 Å². The first-order chi connectivity index (χ1) is 17.1. The molecule has 0 aliphatic heterocycles. The molecule has 0 aliphatic rings. The van der Waals surface area contributed by atoms with Crippen molar-refractivity contribution in [3.63, 3.8) is 0 Å². The summed E-state index contributed by atoms with van der Waals surface area (Å²) < 4.78 is 16.8. The summed E-state index contributed by atoms with van der Waals surface area (Å²) in [4.78, 5) is 18.0. The number of amides is 1. The van der Waals surface area contributed by atoms with E-state index < -0.39 is 5.92 Å². The summed E-state index contributed by atoms with van der Waals surface area (Å²) in [7, 11) is 0. The lowest BCUT2D eigenvalue weighted by Crippen LogP contribution is -2.31. The van der Waals surface area contributed by atoms with Crippen molar-refractivity contribution in [2.45, 2.75) is 18.4 Å². The highest BCUT2D eigenvalue weighted by Gasteiger charge is 2.26. The molecular formula is C29H23ClFN3O. The highest BCUT2D eigenvalue weighted by atomic mass is 35.5. The molecule has 4 nitrogen and oxygen atoms in total. The van der Waals surface area contributed by atoms with Crippen molar-refractivity contribution in [1.82, 2.24) is 14.7 Å². The average Bonchev–Trinajstić information content (AvgIpc) is 3.30. The molecule has 0 spiro atoms. The quantitative estimate of drug-likeness (QED) is 0.285. The zero-order chi connectivity index (χ0) is 24.2. The first kappa shape index (κ1) is 22.8. The summed E-state index contributed by atoms with van der Waals surface area (Å²) in [6, 6.07) is 29.4. The van der Waals surface area contributed by atoms with Gasteiger partial charge in [0, 0.05) is 24.7 Å². The fourth-order valence-corrected chi connectivity index (χ4v) is 4.58. The maximum absolute atomic E-state index is 15.0. The van der Waals surface area contributed by atoms with Gasteiger partial charge in [-0.3, -0.25) is 4.79 Å². The largest absolute Gasteiger partial charge is 0.345 e. The molecule has 1 N–H and O–H groups in total. The van der Waals surface area contributed by atoms with Gasteiger partial charge in [-0.15, -0.1) is 0 Å². The number of pyridine rings is 1. The topological polar surface area (TPSA) is 46.4 Å². The summed E-state index contributed by atoms with van der Waals surface area (Å²) in [5, 5.41) is 3.70. The van der Waals surface area contributed by atoms with E-state index in [4.69, 9.17) is 11.6 Å². The van der Waals surface area contributed by atoms with Crippen LogP contribution in [0.5, 0.6) is 0 Å². The first-order valence-electron chi connectivity index (χ1n) is 11.4. The monoisotopic (exact) mass is 483 g/mol. The van der Waals surface area contributed by atoms with Crippen LogP contribution < -0.4 is 5.32 Å². The minimum absolute atomic E-state index is 0.0391. The van der Waals surface area contributed by atoms with Crippen LogP contribution in [0.3, 0.4) is 0 Å². The van der Waals surface area contributed by atoms with E-state index >= 15 is 0 Å². The number of nitrogens with zero attached hydrogens (tertiary/aromatic N) is 2. The van der Waals surface area contributed by atoms with E-state index in [1.807, 2.05) is 65.1 Å². The molecule has 0 radical (unpaired) electrons. The molecule has 0 saturated heterocycles. The Labute approximate surface area is 208 Å². The average molecular weight is 484 g/mol. The molecule has 1 atom stereocenters. The minimum Gasteiger partial charge on any atom is -0.345 e. The van der Waals surface area contributed by atoms with Crippen molar-refractivity contribution in [2.75, 3.05) is 0 Å². The van der Waals surface area contributed by atoms with Crippen LogP contribution in [0.25, 0.3) is 5.65 Å². The summed E-state index contributed by atoms with van der Waals surface area (Å²) in [6.45, 7) is 0. The van der Waals surface area contributed by atoms with E-state index in [9.17, 15) is 9.18 Å². The van der Waals surface area contributed by atoms with Gasteiger partial charge in [0.1, 0.15) is 11.5 Å². The Kier molecular flexibility index (Phi) is 6.59. The van der Waals surface area contributed by atoms with E-state index in [-0.39, 0.29) is 24.2 Å². The summed E-state index contributed by atoms with van der Waals surface area (Å²) in [5.41, 5.74) is 3.74. The molecule has 2 aromatic heterocycles. The Morgan fingerprint density at radius 2 is 1.51 bits per heavy atom. The van der Waals surface area contributed by atoms with Gasteiger partial charge in [0.15, 0.2) is 0 Å². The SMILES string of the molecule is O=C(CC(c1ccccc1F)c1cnc2ccc(Cl)cn12)NC(c1ccccc1)c1ccccc1. The number of hydrogen-bond acceptors (Lipinski definition) is 2.